The van der Waals surface area contributed by atoms with E-state index in [9.17, 15) is 22.8 Å². The number of benzene rings is 2. The van der Waals surface area contributed by atoms with Gasteiger partial charge in [-0.05, 0) is 56.7 Å². The Kier molecular flexibility index (Phi) is 8.31. The Morgan fingerprint density at radius 2 is 1.81 bits per heavy atom. The lowest BCUT2D eigenvalue weighted by Crippen LogP contribution is -2.29. The van der Waals surface area contributed by atoms with Crippen molar-refractivity contribution in [3.63, 3.8) is 0 Å². The first kappa shape index (κ1) is 26.3. The molecule has 0 saturated heterocycles. The Balaban J connectivity index is 1.95. The number of nitrogens with zero attached hydrogens (tertiary/aromatic N) is 2. The molecule has 0 bridgehead atoms. The molecule has 3 amide bonds. The minimum absolute atomic E-state index is 0.0308. The highest BCUT2D eigenvalue weighted by Crippen LogP contribution is 2.31. The van der Waals surface area contributed by atoms with Crippen molar-refractivity contribution >= 4 is 47.0 Å². The topological polar surface area (TPSA) is 86.4 Å². The number of hydrogen-bond acceptors (Lipinski definition) is 4. The Hall–Kier alpha value is -4.34. The summed E-state index contributed by atoms with van der Waals surface area (Å²) in [5.41, 5.74) is 1.41. The molecule has 0 atom stereocenters. The van der Waals surface area contributed by atoms with E-state index in [0.717, 1.165) is 12.1 Å². The van der Waals surface area contributed by atoms with Crippen LogP contribution in [0.2, 0.25) is 0 Å². The van der Waals surface area contributed by atoms with Crippen LogP contribution in [0.3, 0.4) is 0 Å². The first-order valence-corrected chi connectivity index (χ1v) is 11.1. The number of urea groups is 1. The number of anilines is 4. The van der Waals surface area contributed by atoms with Crippen LogP contribution in [0.15, 0.2) is 48.7 Å². The lowest BCUT2D eigenvalue weighted by atomic mass is 10.0. The molecule has 3 aromatic rings. The standard InChI is InChI=1S/C26H26F3N5O2/c1-15(2)34(14-35)24-12-25(30-4)31-13-17(24)8-16(3)20-10-23(22(29)11-21(20)28)33-26(36)32-19-7-5-6-18(27)9-19/h5-15H,1-4H3,(H,30,31)(H2,32,33,36)/b16-8+. The van der Waals surface area contributed by atoms with Crippen molar-refractivity contribution in [2.75, 3.05) is 27.9 Å². The summed E-state index contributed by atoms with van der Waals surface area (Å²) in [6.07, 6.45) is 3.86. The summed E-state index contributed by atoms with van der Waals surface area (Å²) in [6, 6.07) is 7.73. The summed E-state index contributed by atoms with van der Waals surface area (Å²) in [5.74, 6) is -1.83. The maximum Gasteiger partial charge on any atom is 0.323 e. The molecule has 188 valence electrons. The normalized spacial score (nSPS) is 11.3. The van der Waals surface area contributed by atoms with E-state index in [-0.39, 0.29) is 23.0 Å². The number of carbonyl (C=O) groups excluding carboxylic acids is 2. The van der Waals surface area contributed by atoms with Crippen molar-refractivity contribution in [1.29, 1.82) is 0 Å². The molecule has 0 aliphatic heterocycles. The third-order valence-corrected chi connectivity index (χ3v) is 5.30. The third-order valence-electron chi connectivity index (χ3n) is 5.30. The molecule has 1 aromatic heterocycles. The molecule has 0 unspecified atom stereocenters. The molecule has 3 rings (SSSR count). The number of carbonyl (C=O) groups is 2. The third kappa shape index (κ3) is 6.21. The second-order valence-corrected chi connectivity index (χ2v) is 8.21. The van der Waals surface area contributed by atoms with Crippen LogP contribution >= 0.6 is 0 Å². The van der Waals surface area contributed by atoms with E-state index in [0.29, 0.717) is 35.1 Å². The van der Waals surface area contributed by atoms with E-state index < -0.39 is 23.5 Å². The number of amides is 3. The van der Waals surface area contributed by atoms with Crippen LogP contribution in [0, 0.1) is 17.5 Å². The second-order valence-electron chi connectivity index (χ2n) is 8.21. The van der Waals surface area contributed by atoms with Gasteiger partial charge in [0.15, 0.2) is 0 Å². The monoisotopic (exact) mass is 497 g/mol. The molecule has 2 aromatic carbocycles. The van der Waals surface area contributed by atoms with E-state index in [4.69, 9.17) is 0 Å². The molecule has 0 aliphatic carbocycles. The molecule has 7 nitrogen and oxygen atoms in total. The molecule has 10 heteroatoms. The molecule has 3 N–H and O–H groups in total. The maximum absolute atomic E-state index is 14.7. The van der Waals surface area contributed by atoms with Gasteiger partial charge in [-0.25, -0.2) is 22.9 Å². The van der Waals surface area contributed by atoms with E-state index >= 15 is 0 Å². The van der Waals surface area contributed by atoms with Crippen molar-refractivity contribution in [3.05, 3.63) is 77.2 Å². The van der Waals surface area contributed by atoms with E-state index in [2.05, 4.69) is 20.9 Å². The van der Waals surface area contributed by atoms with Crippen LogP contribution in [0.1, 0.15) is 31.9 Å². The number of allylic oxidation sites excluding steroid dienone is 1. The minimum atomic E-state index is -0.980. The van der Waals surface area contributed by atoms with Gasteiger partial charge in [0.1, 0.15) is 23.3 Å². The molecule has 0 spiro atoms. The molecule has 0 fully saturated rings. The van der Waals surface area contributed by atoms with Gasteiger partial charge in [-0.15, -0.1) is 0 Å². The van der Waals surface area contributed by atoms with E-state index in [1.54, 1.807) is 26.1 Å². The van der Waals surface area contributed by atoms with Crippen molar-refractivity contribution < 1.29 is 22.8 Å². The number of aromatic nitrogens is 1. The highest BCUT2D eigenvalue weighted by atomic mass is 19.1. The largest absolute Gasteiger partial charge is 0.373 e. The predicted octanol–water partition coefficient (Wildman–Crippen LogP) is 6.12. The lowest BCUT2D eigenvalue weighted by Gasteiger charge is -2.24. The highest BCUT2D eigenvalue weighted by molar-refractivity contribution is 6.00. The average molecular weight is 498 g/mol. The van der Waals surface area contributed by atoms with Crippen LogP contribution in [-0.2, 0) is 4.79 Å². The summed E-state index contributed by atoms with van der Waals surface area (Å²) >= 11 is 0. The van der Waals surface area contributed by atoms with Gasteiger partial charge in [0.25, 0.3) is 0 Å². The SMILES string of the molecule is CNc1cc(N(C=O)C(C)C)c(/C=C(\C)c2cc(NC(=O)Nc3cccc(F)c3)c(F)cc2F)cn1. The molecular weight excluding hydrogens is 471 g/mol. The average Bonchev–Trinajstić information content (AvgIpc) is 2.81. The van der Waals surface area contributed by atoms with Gasteiger partial charge in [0.2, 0.25) is 6.41 Å². The predicted molar refractivity (Wildman–Crippen MR) is 136 cm³/mol. The maximum atomic E-state index is 14.7. The van der Waals surface area contributed by atoms with Gasteiger partial charge in [0, 0.05) is 48.2 Å². The Labute approximate surface area is 207 Å². The first-order valence-electron chi connectivity index (χ1n) is 11.1. The number of pyridine rings is 1. The summed E-state index contributed by atoms with van der Waals surface area (Å²) in [7, 11) is 1.69. The smallest absolute Gasteiger partial charge is 0.323 e. The quantitative estimate of drug-likeness (QED) is 0.328. The van der Waals surface area contributed by atoms with Gasteiger partial charge in [-0.1, -0.05) is 6.07 Å². The van der Waals surface area contributed by atoms with Crippen molar-refractivity contribution in [2.45, 2.75) is 26.8 Å². The van der Waals surface area contributed by atoms with Crippen LogP contribution in [0.5, 0.6) is 0 Å². The highest BCUT2D eigenvalue weighted by Gasteiger charge is 2.17. The summed E-state index contributed by atoms with van der Waals surface area (Å²) in [5, 5.41) is 7.62. The number of nitrogens with one attached hydrogen (secondary N) is 3. The van der Waals surface area contributed by atoms with Crippen molar-refractivity contribution in [1.82, 2.24) is 4.98 Å². The molecule has 0 aliphatic rings. The van der Waals surface area contributed by atoms with Crippen LogP contribution < -0.4 is 20.9 Å². The minimum Gasteiger partial charge on any atom is -0.373 e. The molecule has 1 heterocycles. The van der Waals surface area contributed by atoms with Gasteiger partial charge in [0.05, 0.1) is 11.4 Å². The molecule has 0 saturated carbocycles. The first-order chi connectivity index (χ1) is 17.1. The lowest BCUT2D eigenvalue weighted by molar-refractivity contribution is -0.107. The molecular formula is C26H26F3N5O2. The fourth-order valence-electron chi connectivity index (χ4n) is 3.49. The Bertz CT molecular complexity index is 1310. The van der Waals surface area contributed by atoms with Crippen molar-refractivity contribution in [2.24, 2.45) is 0 Å². The van der Waals surface area contributed by atoms with Gasteiger partial charge in [-0.2, -0.15) is 0 Å². The Morgan fingerprint density at radius 3 is 2.44 bits per heavy atom. The summed E-state index contributed by atoms with van der Waals surface area (Å²) in [6.45, 7) is 5.31. The van der Waals surface area contributed by atoms with Crippen molar-refractivity contribution in [3.8, 4) is 0 Å². The second kappa shape index (κ2) is 11.4. The number of rotatable bonds is 8. The van der Waals surface area contributed by atoms with Crippen LogP contribution in [0.25, 0.3) is 11.6 Å². The Morgan fingerprint density at radius 1 is 1.06 bits per heavy atom. The zero-order valence-electron chi connectivity index (χ0n) is 20.2. The fourth-order valence-corrected chi connectivity index (χ4v) is 3.49. The molecule has 0 radical (unpaired) electrons. The van der Waals surface area contributed by atoms with Gasteiger partial charge >= 0.3 is 6.03 Å². The van der Waals surface area contributed by atoms with Crippen LogP contribution in [0.4, 0.5) is 40.8 Å². The molecule has 36 heavy (non-hydrogen) atoms. The van der Waals surface area contributed by atoms with Gasteiger partial charge in [-0.3, -0.25) is 4.79 Å². The summed E-state index contributed by atoms with van der Waals surface area (Å²) in [4.78, 5) is 29.8. The summed E-state index contributed by atoms with van der Waals surface area (Å²) < 4.78 is 42.5. The van der Waals surface area contributed by atoms with E-state index in [1.165, 1.54) is 29.3 Å². The zero-order valence-corrected chi connectivity index (χ0v) is 20.2. The number of hydrogen-bond donors (Lipinski definition) is 3. The van der Waals surface area contributed by atoms with Gasteiger partial charge < -0.3 is 20.9 Å². The fraction of sp³-hybridized carbons (Fsp3) is 0.192. The number of halogens is 3. The van der Waals surface area contributed by atoms with E-state index in [1.807, 2.05) is 13.8 Å². The van der Waals surface area contributed by atoms with Crippen LogP contribution in [-0.4, -0.2) is 30.5 Å². The zero-order chi connectivity index (χ0) is 26.4.